The van der Waals surface area contributed by atoms with Gasteiger partial charge in [-0.1, -0.05) is 73.7 Å². The molecule has 1 heterocycles. The highest BCUT2D eigenvalue weighted by atomic mass is 16.5. The van der Waals surface area contributed by atoms with E-state index >= 15 is 0 Å². The lowest BCUT2D eigenvalue weighted by Gasteiger charge is -2.17. The van der Waals surface area contributed by atoms with Gasteiger partial charge in [0.1, 0.15) is 0 Å². The molecule has 4 rings (SSSR count). The van der Waals surface area contributed by atoms with E-state index in [0.29, 0.717) is 6.61 Å². The summed E-state index contributed by atoms with van der Waals surface area (Å²) in [6, 6.07) is 25.0. The molecule has 0 spiro atoms. The van der Waals surface area contributed by atoms with Crippen LogP contribution in [0.25, 0.3) is 28.1 Å². The van der Waals surface area contributed by atoms with Crippen molar-refractivity contribution in [2.75, 3.05) is 6.61 Å². The first-order valence-electron chi connectivity index (χ1n) is 10.9. The molecule has 0 bridgehead atoms. The second-order valence-electron chi connectivity index (χ2n) is 7.42. The summed E-state index contributed by atoms with van der Waals surface area (Å²) >= 11 is 0. The van der Waals surface area contributed by atoms with Gasteiger partial charge in [0.2, 0.25) is 0 Å². The van der Waals surface area contributed by atoms with Crippen LogP contribution in [0.5, 0.6) is 0 Å². The first-order chi connectivity index (χ1) is 15.7. The van der Waals surface area contributed by atoms with E-state index in [1.807, 2.05) is 30.5 Å². The van der Waals surface area contributed by atoms with E-state index in [9.17, 15) is 4.79 Å². The number of carbonyl (C=O) groups excluding carboxylic acids is 1. The summed E-state index contributed by atoms with van der Waals surface area (Å²) < 4.78 is 4.97. The van der Waals surface area contributed by atoms with Gasteiger partial charge in [0.05, 0.1) is 18.3 Å². The van der Waals surface area contributed by atoms with E-state index in [2.05, 4.69) is 65.7 Å². The van der Waals surface area contributed by atoms with Crippen molar-refractivity contribution < 1.29 is 9.53 Å². The molecule has 0 atom stereocenters. The summed E-state index contributed by atoms with van der Waals surface area (Å²) in [5.74, 6) is -0.332. The van der Waals surface area contributed by atoms with Gasteiger partial charge >= 0.3 is 5.97 Å². The van der Waals surface area contributed by atoms with Gasteiger partial charge in [-0.2, -0.15) is 5.10 Å². The van der Waals surface area contributed by atoms with Gasteiger partial charge in [0.15, 0.2) is 0 Å². The van der Waals surface area contributed by atoms with Crippen molar-refractivity contribution >= 4 is 34.1 Å². The molecule has 0 fully saturated rings. The molecule has 0 aliphatic carbocycles. The zero-order valence-electron chi connectivity index (χ0n) is 18.3. The molecule has 3 aromatic carbocycles. The van der Waals surface area contributed by atoms with Gasteiger partial charge < -0.3 is 4.74 Å². The smallest absolute Gasteiger partial charge is 0.330 e. The van der Waals surface area contributed by atoms with E-state index in [-0.39, 0.29) is 5.97 Å². The number of ether oxygens (including phenoxy) is 1. The molecule has 0 unspecified atom stereocenters. The van der Waals surface area contributed by atoms with Gasteiger partial charge in [-0.15, -0.1) is 0 Å². The monoisotopic (exact) mass is 422 g/mol. The van der Waals surface area contributed by atoms with Crippen molar-refractivity contribution in [2.24, 2.45) is 0 Å². The number of allylic oxidation sites excluding steroid dienone is 1. The maximum Gasteiger partial charge on any atom is 0.330 e. The predicted molar refractivity (Wildman–Crippen MR) is 131 cm³/mol. The maximum absolute atomic E-state index is 11.6. The van der Waals surface area contributed by atoms with Crippen molar-refractivity contribution in [3.05, 3.63) is 107 Å². The number of esters is 1. The van der Waals surface area contributed by atoms with Crippen LogP contribution in [-0.4, -0.2) is 22.8 Å². The molecule has 0 amide bonds. The lowest BCUT2D eigenvalue weighted by molar-refractivity contribution is -0.137. The van der Waals surface area contributed by atoms with Crippen molar-refractivity contribution in [1.82, 2.24) is 10.2 Å². The SMILES string of the molecule is CCOC(=O)/C=C/c1ccc(/C(=C(/CC)c2ccccc2)c2cccc3[nH]ncc23)cc1. The number of rotatable bonds is 7. The highest BCUT2D eigenvalue weighted by Gasteiger charge is 2.16. The highest BCUT2D eigenvalue weighted by molar-refractivity contribution is 6.05. The number of aromatic amines is 1. The molecule has 0 radical (unpaired) electrons. The quantitative estimate of drug-likeness (QED) is 0.210. The molecule has 4 aromatic rings. The fraction of sp³-hybridized carbons (Fsp3) is 0.143. The maximum atomic E-state index is 11.6. The number of H-pyrrole nitrogens is 1. The Kier molecular flexibility index (Phi) is 6.61. The standard InChI is InChI=1S/C28H26N2O2/c1-3-23(21-9-6-5-7-10-21)28(24-11-8-12-26-25(24)19-29-30-26)22-16-13-20(14-17-22)15-18-27(31)32-4-2/h5-19H,3-4H2,1-2H3,(H,29,30)/b18-15+,28-23+. The lowest BCUT2D eigenvalue weighted by Crippen LogP contribution is -1.98. The first kappa shape index (κ1) is 21.3. The second-order valence-corrected chi connectivity index (χ2v) is 7.42. The normalized spacial score (nSPS) is 12.2. The Balaban J connectivity index is 1.85. The summed E-state index contributed by atoms with van der Waals surface area (Å²) in [5, 5.41) is 8.44. The minimum absolute atomic E-state index is 0.332. The molecule has 0 saturated carbocycles. The van der Waals surface area contributed by atoms with Crippen molar-refractivity contribution in [3.63, 3.8) is 0 Å². The fourth-order valence-electron chi connectivity index (χ4n) is 3.96. The number of nitrogens with zero attached hydrogens (tertiary/aromatic N) is 1. The summed E-state index contributed by atoms with van der Waals surface area (Å²) in [7, 11) is 0. The zero-order valence-corrected chi connectivity index (χ0v) is 18.3. The van der Waals surface area contributed by atoms with Crippen LogP contribution in [0.4, 0.5) is 0 Å². The molecule has 0 saturated heterocycles. The minimum Gasteiger partial charge on any atom is -0.463 e. The Hall–Kier alpha value is -3.92. The van der Waals surface area contributed by atoms with Crippen LogP contribution in [0.2, 0.25) is 0 Å². The highest BCUT2D eigenvalue weighted by Crippen LogP contribution is 2.37. The second kappa shape index (κ2) is 9.92. The fourth-order valence-corrected chi connectivity index (χ4v) is 3.96. The third kappa shape index (κ3) is 4.54. The van der Waals surface area contributed by atoms with E-state index in [4.69, 9.17) is 4.74 Å². The van der Waals surface area contributed by atoms with Gasteiger partial charge in [-0.25, -0.2) is 4.79 Å². The third-order valence-corrected chi connectivity index (χ3v) is 5.43. The topological polar surface area (TPSA) is 55.0 Å². The van der Waals surface area contributed by atoms with Crippen LogP contribution < -0.4 is 0 Å². The average molecular weight is 423 g/mol. The van der Waals surface area contributed by atoms with Crippen LogP contribution >= 0.6 is 0 Å². The van der Waals surface area contributed by atoms with Gasteiger partial charge in [0, 0.05) is 11.5 Å². The zero-order chi connectivity index (χ0) is 22.3. The number of hydrogen-bond donors (Lipinski definition) is 1. The molecule has 32 heavy (non-hydrogen) atoms. The predicted octanol–water partition coefficient (Wildman–Crippen LogP) is 6.51. The molecular weight excluding hydrogens is 396 g/mol. The average Bonchev–Trinajstić information content (AvgIpc) is 3.32. The largest absolute Gasteiger partial charge is 0.463 e. The number of aromatic nitrogens is 2. The van der Waals surface area contributed by atoms with Crippen LogP contribution in [0.15, 0.2) is 85.1 Å². The van der Waals surface area contributed by atoms with Gasteiger partial charge in [-0.3, -0.25) is 5.10 Å². The van der Waals surface area contributed by atoms with Crippen LogP contribution in [0.3, 0.4) is 0 Å². The molecule has 1 aromatic heterocycles. The summed E-state index contributed by atoms with van der Waals surface area (Å²) in [6.07, 6.45) is 6.01. The van der Waals surface area contributed by atoms with E-state index in [0.717, 1.165) is 34.0 Å². The number of benzene rings is 3. The molecule has 160 valence electrons. The molecule has 0 aliphatic rings. The van der Waals surface area contributed by atoms with E-state index < -0.39 is 0 Å². The molecule has 1 N–H and O–H groups in total. The van der Waals surface area contributed by atoms with Crippen LogP contribution in [-0.2, 0) is 9.53 Å². The van der Waals surface area contributed by atoms with Gasteiger partial charge in [-0.05, 0) is 58.9 Å². The molecule has 4 nitrogen and oxygen atoms in total. The Morgan fingerprint density at radius 3 is 2.44 bits per heavy atom. The Morgan fingerprint density at radius 2 is 1.72 bits per heavy atom. The Morgan fingerprint density at radius 1 is 0.938 bits per heavy atom. The Labute approximate surface area is 188 Å². The number of nitrogens with one attached hydrogen (secondary N) is 1. The Bertz CT molecular complexity index is 1270. The van der Waals surface area contributed by atoms with E-state index in [1.54, 1.807) is 13.0 Å². The molecular formula is C28H26N2O2. The lowest BCUT2D eigenvalue weighted by atomic mass is 9.86. The summed E-state index contributed by atoms with van der Waals surface area (Å²) in [4.78, 5) is 11.6. The number of hydrogen-bond acceptors (Lipinski definition) is 3. The molecule has 4 heteroatoms. The van der Waals surface area contributed by atoms with Crippen molar-refractivity contribution in [2.45, 2.75) is 20.3 Å². The van der Waals surface area contributed by atoms with Gasteiger partial charge in [0.25, 0.3) is 0 Å². The van der Waals surface area contributed by atoms with Crippen LogP contribution in [0, 0.1) is 0 Å². The van der Waals surface area contributed by atoms with E-state index in [1.165, 1.54) is 22.8 Å². The van der Waals surface area contributed by atoms with Crippen molar-refractivity contribution in [1.29, 1.82) is 0 Å². The first-order valence-corrected chi connectivity index (χ1v) is 10.9. The minimum atomic E-state index is -0.332. The number of fused-ring (bicyclic) bond motifs is 1. The van der Waals surface area contributed by atoms with Crippen LogP contribution in [0.1, 0.15) is 42.5 Å². The van der Waals surface area contributed by atoms with Crippen molar-refractivity contribution in [3.8, 4) is 0 Å². The summed E-state index contributed by atoms with van der Waals surface area (Å²) in [5.41, 5.74) is 7.88. The third-order valence-electron chi connectivity index (χ3n) is 5.43. The summed E-state index contributed by atoms with van der Waals surface area (Å²) in [6.45, 7) is 4.36. The molecule has 0 aliphatic heterocycles. The number of carbonyl (C=O) groups is 1.